The number of rotatable bonds is 4. The summed E-state index contributed by atoms with van der Waals surface area (Å²) in [6, 6.07) is 6.04. The lowest BCUT2D eigenvalue weighted by Gasteiger charge is -2.26. The highest BCUT2D eigenvalue weighted by molar-refractivity contribution is 7.89. The van der Waals surface area contributed by atoms with Crippen molar-refractivity contribution >= 4 is 16.0 Å². The van der Waals surface area contributed by atoms with Gasteiger partial charge in [-0.3, -0.25) is 0 Å². The second-order valence-corrected chi connectivity index (χ2v) is 6.90. The molecule has 1 aliphatic rings. The molecular formula is C14H20N2O4S. The Labute approximate surface area is 124 Å². The summed E-state index contributed by atoms with van der Waals surface area (Å²) < 4.78 is 32.2. The predicted octanol–water partition coefficient (Wildman–Crippen LogP) is 1.02. The van der Waals surface area contributed by atoms with E-state index in [9.17, 15) is 13.2 Å². The van der Waals surface area contributed by atoms with Crippen LogP contribution in [0.25, 0.3) is 0 Å². The molecule has 1 saturated carbocycles. The molecule has 0 atom stereocenters. The summed E-state index contributed by atoms with van der Waals surface area (Å²) in [5.74, 6) is -0.665. The van der Waals surface area contributed by atoms with Crippen LogP contribution in [0.3, 0.4) is 0 Å². The Morgan fingerprint density at radius 1 is 1.24 bits per heavy atom. The fourth-order valence-corrected chi connectivity index (χ4v) is 4.00. The number of nitrogens with two attached hydrogens (primary N) is 1. The molecule has 0 unspecified atom stereocenters. The molecule has 7 heteroatoms. The van der Waals surface area contributed by atoms with Gasteiger partial charge in [0.15, 0.2) is 0 Å². The van der Waals surface area contributed by atoms with Crippen molar-refractivity contribution in [3.8, 4) is 0 Å². The lowest BCUT2D eigenvalue weighted by molar-refractivity contribution is 0.0596. The van der Waals surface area contributed by atoms with Crippen molar-refractivity contribution in [3.63, 3.8) is 0 Å². The van der Waals surface area contributed by atoms with Crippen LogP contribution in [0.15, 0.2) is 29.2 Å². The maximum atomic E-state index is 12.5. The molecule has 0 heterocycles. The van der Waals surface area contributed by atoms with Crippen LogP contribution in [0.4, 0.5) is 0 Å². The van der Waals surface area contributed by atoms with Gasteiger partial charge in [-0.1, -0.05) is 12.1 Å². The van der Waals surface area contributed by atoms with Gasteiger partial charge in [-0.2, -0.15) is 0 Å². The zero-order chi connectivity index (χ0) is 15.5. The van der Waals surface area contributed by atoms with Gasteiger partial charge < -0.3 is 10.5 Å². The van der Waals surface area contributed by atoms with Crippen LogP contribution in [-0.2, 0) is 14.8 Å². The maximum absolute atomic E-state index is 12.5. The highest BCUT2D eigenvalue weighted by Gasteiger charge is 2.27. The minimum Gasteiger partial charge on any atom is -0.465 e. The minimum absolute atomic E-state index is 0.0417. The number of benzene rings is 1. The fourth-order valence-electron chi connectivity index (χ4n) is 2.50. The van der Waals surface area contributed by atoms with Gasteiger partial charge in [0.25, 0.3) is 0 Å². The zero-order valence-electron chi connectivity index (χ0n) is 11.9. The number of sulfonamides is 1. The lowest BCUT2D eigenvalue weighted by Crippen LogP contribution is -2.40. The van der Waals surface area contributed by atoms with E-state index in [4.69, 9.17) is 5.73 Å². The van der Waals surface area contributed by atoms with Crippen molar-refractivity contribution in [3.05, 3.63) is 29.8 Å². The van der Waals surface area contributed by atoms with E-state index in [1.807, 2.05) is 0 Å². The topological polar surface area (TPSA) is 98.5 Å². The van der Waals surface area contributed by atoms with Gasteiger partial charge in [-0.15, -0.1) is 0 Å². The van der Waals surface area contributed by atoms with E-state index < -0.39 is 16.0 Å². The highest BCUT2D eigenvalue weighted by Crippen LogP contribution is 2.21. The Bertz CT molecular complexity index is 607. The quantitative estimate of drug-likeness (QED) is 0.809. The minimum atomic E-state index is -3.75. The molecule has 1 aromatic carbocycles. The van der Waals surface area contributed by atoms with Crippen LogP contribution in [-0.4, -0.2) is 33.6 Å². The van der Waals surface area contributed by atoms with Crippen molar-refractivity contribution in [1.29, 1.82) is 0 Å². The molecule has 1 fully saturated rings. The van der Waals surface area contributed by atoms with Gasteiger partial charge >= 0.3 is 5.97 Å². The molecule has 1 aromatic rings. The zero-order valence-corrected chi connectivity index (χ0v) is 12.7. The molecule has 0 saturated heterocycles. The first-order valence-electron chi connectivity index (χ1n) is 6.89. The van der Waals surface area contributed by atoms with Crippen molar-refractivity contribution in [2.24, 2.45) is 5.73 Å². The van der Waals surface area contributed by atoms with Gasteiger partial charge in [-0.25, -0.2) is 17.9 Å². The van der Waals surface area contributed by atoms with E-state index in [1.165, 1.54) is 19.2 Å². The fraction of sp³-hybridized carbons (Fsp3) is 0.500. The number of ether oxygens (including phenoxy) is 1. The lowest BCUT2D eigenvalue weighted by atomic mass is 9.93. The number of nitrogens with one attached hydrogen (secondary N) is 1. The molecule has 2 rings (SSSR count). The number of carbonyl (C=O) groups excluding carboxylic acids is 1. The van der Waals surface area contributed by atoms with E-state index in [0.29, 0.717) is 12.8 Å². The molecular weight excluding hydrogens is 292 g/mol. The Morgan fingerprint density at radius 2 is 1.86 bits per heavy atom. The Kier molecular flexibility index (Phi) is 4.97. The number of carbonyl (C=O) groups is 1. The van der Waals surface area contributed by atoms with E-state index in [2.05, 4.69) is 9.46 Å². The smallest absolute Gasteiger partial charge is 0.339 e. The summed E-state index contributed by atoms with van der Waals surface area (Å²) in [6.45, 7) is 0. The average Bonchev–Trinajstić information content (AvgIpc) is 2.48. The third kappa shape index (κ3) is 3.81. The first-order chi connectivity index (χ1) is 9.94. The van der Waals surface area contributed by atoms with Crippen LogP contribution in [0.5, 0.6) is 0 Å². The van der Waals surface area contributed by atoms with Crippen LogP contribution in [0.2, 0.25) is 0 Å². The standard InChI is InChI=1S/C14H20N2O4S/c1-20-14(17)12-4-2-3-5-13(12)21(18,19)16-11-8-6-10(15)7-9-11/h2-5,10-11,16H,6-9,15H2,1H3. The maximum Gasteiger partial charge on any atom is 0.339 e. The van der Waals surface area contributed by atoms with Gasteiger partial charge in [-0.05, 0) is 37.8 Å². The van der Waals surface area contributed by atoms with Crippen LogP contribution < -0.4 is 10.5 Å². The van der Waals surface area contributed by atoms with Gasteiger partial charge in [0.1, 0.15) is 0 Å². The molecule has 21 heavy (non-hydrogen) atoms. The first-order valence-corrected chi connectivity index (χ1v) is 8.37. The largest absolute Gasteiger partial charge is 0.465 e. The van der Waals surface area contributed by atoms with Crippen LogP contribution in [0.1, 0.15) is 36.0 Å². The Morgan fingerprint density at radius 3 is 2.48 bits per heavy atom. The summed E-state index contributed by atoms with van der Waals surface area (Å²) >= 11 is 0. The first kappa shape index (κ1) is 15.9. The molecule has 6 nitrogen and oxygen atoms in total. The molecule has 0 aliphatic heterocycles. The second kappa shape index (κ2) is 6.55. The second-order valence-electron chi connectivity index (χ2n) is 5.22. The monoisotopic (exact) mass is 312 g/mol. The van der Waals surface area contributed by atoms with Gasteiger partial charge in [0, 0.05) is 12.1 Å². The van der Waals surface area contributed by atoms with Gasteiger partial charge in [0.05, 0.1) is 17.6 Å². The Hall–Kier alpha value is -1.44. The molecule has 1 aliphatic carbocycles. The molecule has 0 aromatic heterocycles. The van der Waals surface area contributed by atoms with Crippen LogP contribution >= 0.6 is 0 Å². The molecule has 0 radical (unpaired) electrons. The van der Waals surface area contributed by atoms with E-state index >= 15 is 0 Å². The van der Waals surface area contributed by atoms with Crippen molar-refractivity contribution in [2.45, 2.75) is 42.7 Å². The van der Waals surface area contributed by atoms with E-state index in [-0.39, 0.29) is 22.5 Å². The molecule has 0 amide bonds. The van der Waals surface area contributed by atoms with Gasteiger partial charge in [0.2, 0.25) is 10.0 Å². The summed E-state index contributed by atoms with van der Waals surface area (Å²) in [7, 11) is -2.53. The summed E-state index contributed by atoms with van der Waals surface area (Å²) in [5, 5.41) is 0. The number of hydrogen-bond acceptors (Lipinski definition) is 5. The third-order valence-electron chi connectivity index (χ3n) is 3.68. The molecule has 0 bridgehead atoms. The SMILES string of the molecule is COC(=O)c1ccccc1S(=O)(=O)NC1CCC(N)CC1. The van der Waals surface area contributed by atoms with Crippen molar-refractivity contribution in [1.82, 2.24) is 4.72 Å². The number of hydrogen-bond donors (Lipinski definition) is 2. The third-order valence-corrected chi connectivity index (χ3v) is 5.25. The van der Waals surface area contributed by atoms with E-state index in [1.54, 1.807) is 12.1 Å². The summed E-state index contributed by atoms with van der Waals surface area (Å²) in [6.07, 6.45) is 3.01. The normalized spacial score (nSPS) is 22.8. The molecule has 116 valence electrons. The van der Waals surface area contributed by atoms with Crippen LogP contribution in [0, 0.1) is 0 Å². The molecule has 3 N–H and O–H groups in total. The Balaban J connectivity index is 2.22. The average molecular weight is 312 g/mol. The summed E-state index contributed by atoms with van der Waals surface area (Å²) in [5.41, 5.74) is 5.86. The number of esters is 1. The summed E-state index contributed by atoms with van der Waals surface area (Å²) in [4.78, 5) is 11.6. The van der Waals surface area contributed by atoms with Crippen molar-refractivity contribution in [2.75, 3.05) is 7.11 Å². The van der Waals surface area contributed by atoms with E-state index in [0.717, 1.165) is 12.8 Å². The molecule has 0 spiro atoms. The highest BCUT2D eigenvalue weighted by atomic mass is 32.2. The predicted molar refractivity (Wildman–Crippen MR) is 78.3 cm³/mol. The van der Waals surface area contributed by atoms with Crippen molar-refractivity contribution < 1.29 is 17.9 Å². The number of methoxy groups -OCH3 is 1.